The van der Waals surface area contributed by atoms with Crippen molar-refractivity contribution in [3.8, 4) is 5.75 Å². The zero-order valence-electron chi connectivity index (χ0n) is 12.7. The second kappa shape index (κ2) is 6.34. The quantitative estimate of drug-likeness (QED) is 0.832. The first kappa shape index (κ1) is 16.9. The summed E-state index contributed by atoms with van der Waals surface area (Å²) in [6, 6.07) is 4.71. The lowest BCUT2D eigenvalue weighted by Crippen LogP contribution is -2.51. The second-order valence-electron chi connectivity index (χ2n) is 5.02. The molecule has 1 aliphatic rings. The molecule has 1 aliphatic heterocycles. The molecule has 0 spiro atoms. The highest BCUT2D eigenvalue weighted by molar-refractivity contribution is 7.92. The number of halogens is 1. The molecule has 2 rings (SSSR count). The normalized spacial score (nSPS) is 17.6. The Kier molecular flexibility index (Phi) is 4.87. The molecule has 0 aliphatic carbocycles. The van der Waals surface area contributed by atoms with Gasteiger partial charge in [-0.2, -0.15) is 0 Å². The predicted octanol–water partition coefficient (Wildman–Crippen LogP) is 1.74. The van der Waals surface area contributed by atoms with E-state index in [9.17, 15) is 13.2 Å². The van der Waals surface area contributed by atoms with Crippen molar-refractivity contribution in [3.63, 3.8) is 0 Å². The Balaban J connectivity index is 2.41. The van der Waals surface area contributed by atoms with E-state index in [1.165, 1.54) is 10.4 Å². The lowest BCUT2D eigenvalue weighted by molar-refractivity contribution is -0.138. The molecule has 8 heteroatoms. The van der Waals surface area contributed by atoms with E-state index in [0.717, 1.165) is 6.26 Å². The molecule has 1 heterocycles. The molecule has 1 aromatic rings. The zero-order valence-corrected chi connectivity index (χ0v) is 14.3. The summed E-state index contributed by atoms with van der Waals surface area (Å²) in [5.41, 5.74) is 0.360. The molecule has 0 N–H and O–H groups in total. The van der Waals surface area contributed by atoms with Gasteiger partial charge in [-0.1, -0.05) is 11.6 Å². The molecule has 0 bridgehead atoms. The number of sulfonamides is 1. The van der Waals surface area contributed by atoms with Gasteiger partial charge in [-0.15, -0.1) is 0 Å². The third kappa shape index (κ3) is 3.30. The first-order valence-electron chi connectivity index (χ1n) is 7.00. The summed E-state index contributed by atoms with van der Waals surface area (Å²) in [6.45, 7) is 4.77. The van der Waals surface area contributed by atoms with Crippen molar-refractivity contribution in [2.24, 2.45) is 0 Å². The maximum Gasteiger partial charge on any atom is 0.265 e. The third-order valence-electron chi connectivity index (χ3n) is 3.54. The molecule has 0 saturated carbocycles. The van der Waals surface area contributed by atoms with E-state index in [4.69, 9.17) is 16.3 Å². The number of fused-ring (bicyclic) bond motifs is 1. The molecule has 0 unspecified atom stereocenters. The van der Waals surface area contributed by atoms with Crippen molar-refractivity contribution < 1.29 is 17.9 Å². The van der Waals surface area contributed by atoms with E-state index in [1.807, 2.05) is 13.8 Å². The standard InChI is InChI=1S/C14H19ClN2O4S/c1-4-16(5-2)14(18)13-9-17(22(3,19)20)11-8-10(15)6-7-12(11)21-13/h6-8,13H,4-5,9H2,1-3H3/t13-/m1/s1. The average molecular weight is 347 g/mol. The summed E-state index contributed by atoms with van der Waals surface area (Å²) >= 11 is 5.93. The van der Waals surface area contributed by atoms with Crippen LogP contribution in [0.1, 0.15) is 13.8 Å². The van der Waals surface area contributed by atoms with Gasteiger partial charge in [-0.25, -0.2) is 8.42 Å². The third-order valence-corrected chi connectivity index (χ3v) is 4.92. The fraction of sp³-hybridized carbons (Fsp3) is 0.500. The number of nitrogens with zero attached hydrogens (tertiary/aromatic N) is 2. The van der Waals surface area contributed by atoms with Crippen LogP contribution in [0.2, 0.25) is 5.02 Å². The number of carbonyl (C=O) groups excluding carboxylic acids is 1. The summed E-state index contributed by atoms with van der Waals surface area (Å²) in [6.07, 6.45) is 0.241. The molecule has 1 aromatic carbocycles. The maximum atomic E-state index is 12.5. The summed E-state index contributed by atoms with van der Waals surface area (Å²) in [5, 5.41) is 0.407. The number of carbonyl (C=O) groups is 1. The van der Waals surface area contributed by atoms with Crippen molar-refractivity contribution in [2.75, 3.05) is 30.2 Å². The predicted molar refractivity (Wildman–Crippen MR) is 86.0 cm³/mol. The van der Waals surface area contributed by atoms with Gasteiger partial charge in [0.2, 0.25) is 10.0 Å². The summed E-state index contributed by atoms with van der Waals surface area (Å²) < 4.78 is 31.0. The Bertz CT molecular complexity index is 673. The molecular formula is C14H19ClN2O4S. The van der Waals surface area contributed by atoms with E-state index in [1.54, 1.807) is 17.0 Å². The molecule has 0 radical (unpaired) electrons. The smallest absolute Gasteiger partial charge is 0.265 e. The minimum absolute atomic E-state index is 0.0541. The van der Waals surface area contributed by atoms with Crippen molar-refractivity contribution in [2.45, 2.75) is 20.0 Å². The van der Waals surface area contributed by atoms with Crippen LogP contribution in [-0.4, -0.2) is 51.2 Å². The molecule has 0 fully saturated rings. The highest BCUT2D eigenvalue weighted by Crippen LogP contribution is 2.37. The number of ether oxygens (including phenoxy) is 1. The first-order chi connectivity index (χ1) is 10.3. The van der Waals surface area contributed by atoms with E-state index >= 15 is 0 Å². The van der Waals surface area contributed by atoms with Crippen LogP contribution in [0.25, 0.3) is 0 Å². The molecule has 1 amide bonds. The van der Waals surface area contributed by atoms with Gasteiger partial charge in [0, 0.05) is 18.1 Å². The van der Waals surface area contributed by atoms with Gasteiger partial charge in [-0.05, 0) is 32.0 Å². The van der Waals surface area contributed by atoms with Crippen molar-refractivity contribution in [1.29, 1.82) is 0 Å². The molecule has 6 nitrogen and oxygen atoms in total. The molecule has 122 valence electrons. The number of amides is 1. The Morgan fingerprint density at radius 2 is 2.05 bits per heavy atom. The van der Waals surface area contributed by atoms with Crippen molar-refractivity contribution in [3.05, 3.63) is 23.2 Å². The van der Waals surface area contributed by atoms with Crippen LogP contribution in [-0.2, 0) is 14.8 Å². The fourth-order valence-corrected chi connectivity index (χ4v) is 3.48. The number of rotatable bonds is 4. The van der Waals surface area contributed by atoms with Gasteiger partial charge in [-0.3, -0.25) is 9.10 Å². The van der Waals surface area contributed by atoms with Gasteiger partial charge in [0.1, 0.15) is 5.75 Å². The molecule has 22 heavy (non-hydrogen) atoms. The van der Waals surface area contributed by atoms with E-state index in [2.05, 4.69) is 0 Å². The fourth-order valence-electron chi connectivity index (χ4n) is 2.41. The van der Waals surface area contributed by atoms with E-state index in [-0.39, 0.29) is 12.5 Å². The number of benzene rings is 1. The van der Waals surface area contributed by atoms with Gasteiger partial charge < -0.3 is 9.64 Å². The van der Waals surface area contributed by atoms with Crippen LogP contribution in [0, 0.1) is 0 Å². The van der Waals surface area contributed by atoms with Crippen molar-refractivity contribution >= 4 is 33.2 Å². The van der Waals surface area contributed by atoms with Crippen LogP contribution < -0.4 is 9.04 Å². The Labute approximate surface area is 135 Å². The maximum absolute atomic E-state index is 12.5. The van der Waals surface area contributed by atoms with Crippen LogP contribution in [0.15, 0.2) is 18.2 Å². The zero-order chi connectivity index (χ0) is 16.5. The highest BCUT2D eigenvalue weighted by Gasteiger charge is 2.36. The number of hydrogen-bond acceptors (Lipinski definition) is 4. The van der Waals surface area contributed by atoms with Gasteiger partial charge in [0.25, 0.3) is 5.91 Å². The number of anilines is 1. The lowest BCUT2D eigenvalue weighted by Gasteiger charge is -2.35. The topological polar surface area (TPSA) is 66.9 Å². The van der Waals surface area contributed by atoms with Crippen LogP contribution in [0.3, 0.4) is 0 Å². The van der Waals surface area contributed by atoms with Gasteiger partial charge >= 0.3 is 0 Å². The molecule has 0 aromatic heterocycles. The van der Waals surface area contributed by atoms with Crippen LogP contribution >= 0.6 is 11.6 Å². The largest absolute Gasteiger partial charge is 0.476 e. The summed E-state index contributed by atoms with van der Waals surface area (Å²) in [4.78, 5) is 14.1. The Morgan fingerprint density at radius 1 is 1.41 bits per heavy atom. The van der Waals surface area contributed by atoms with Gasteiger partial charge in [0.15, 0.2) is 6.10 Å². The second-order valence-corrected chi connectivity index (χ2v) is 7.37. The summed E-state index contributed by atoms with van der Waals surface area (Å²) in [5.74, 6) is 0.117. The van der Waals surface area contributed by atoms with E-state index in [0.29, 0.717) is 29.5 Å². The van der Waals surface area contributed by atoms with Gasteiger partial charge in [0.05, 0.1) is 18.5 Å². The monoisotopic (exact) mass is 346 g/mol. The SMILES string of the molecule is CCN(CC)C(=O)[C@H]1CN(S(C)(=O)=O)c2cc(Cl)ccc2O1. The van der Waals surface area contributed by atoms with Crippen LogP contribution in [0.4, 0.5) is 5.69 Å². The Morgan fingerprint density at radius 3 is 2.59 bits per heavy atom. The number of hydrogen-bond donors (Lipinski definition) is 0. The molecule has 1 atom stereocenters. The minimum atomic E-state index is -3.54. The highest BCUT2D eigenvalue weighted by atomic mass is 35.5. The average Bonchev–Trinajstić information content (AvgIpc) is 2.46. The van der Waals surface area contributed by atoms with Crippen LogP contribution in [0.5, 0.6) is 5.75 Å². The number of likely N-dealkylation sites (N-methyl/N-ethyl adjacent to an activating group) is 1. The first-order valence-corrected chi connectivity index (χ1v) is 9.23. The summed E-state index contributed by atoms with van der Waals surface area (Å²) in [7, 11) is -3.54. The van der Waals surface area contributed by atoms with E-state index < -0.39 is 16.1 Å². The van der Waals surface area contributed by atoms with Crippen molar-refractivity contribution in [1.82, 2.24) is 4.90 Å². The molecule has 0 saturated heterocycles. The lowest BCUT2D eigenvalue weighted by atomic mass is 10.2. The molecular weight excluding hydrogens is 328 g/mol. The minimum Gasteiger partial charge on any atom is -0.476 e. The Hall–Kier alpha value is -1.47.